The average Bonchev–Trinajstić information content (AvgIpc) is 2.19. The van der Waals surface area contributed by atoms with E-state index in [9.17, 15) is 0 Å². The van der Waals surface area contributed by atoms with Crippen molar-refractivity contribution in [2.75, 3.05) is 6.61 Å². The van der Waals surface area contributed by atoms with Gasteiger partial charge in [0.15, 0.2) is 0 Å². The summed E-state index contributed by atoms with van der Waals surface area (Å²) in [6, 6.07) is 10.2. The SMILES string of the molecule is N[C@@H](CCCCO)c1ccccc1. The molecule has 0 aliphatic carbocycles. The summed E-state index contributed by atoms with van der Waals surface area (Å²) in [4.78, 5) is 0. The lowest BCUT2D eigenvalue weighted by Crippen LogP contribution is -2.09. The zero-order chi connectivity index (χ0) is 9.52. The molecule has 0 amide bonds. The molecule has 0 saturated carbocycles. The van der Waals surface area contributed by atoms with Gasteiger partial charge >= 0.3 is 0 Å². The van der Waals surface area contributed by atoms with Crippen LogP contribution in [0.4, 0.5) is 0 Å². The van der Waals surface area contributed by atoms with E-state index in [0.29, 0.717) is 0 Å². The molecule has 3 N–H and O–H groups in total. The largest absolute Gasteiger partial charge is 0.396 e. The number of unbranched alkanes of at least 4 members (excludes halogenated alkanes) is 1. The number of benzene rings is 1. The minimum atomic E-state index is 0.118. The van der Waals surface area contributed by atoms with Gasteiger partial charge < -0.3 is 10.8 Å². The first kappa shape index (κ1) is 10.2. The Morgan fingerprint density at radius 2 is 1.85 bits per heavy atom. The number of rotatable bonds is 5. The van der Waals surface area contributed by atoms with Crippen LogP contribution < -0.4 is 5.73 Å². The number of nitrogens with two attached hydrogens (primary N) is 1. The van der Waals surface area contributed by atoms with Crippen LogP contribution in [0.2, 0.25) is 0 Å². The van der Waals surface area contributed by atoms with Gasteiger partial charge in [0.2, 0.25) is 0 Å². The highest BCUT2D eigenvalue weighted by Gasteiger charge is 2.03. The van der Waals surface area contributed by atoms with E-state index in [1.807, 2.05) is 30.3 Å². The second-order valence-corrected chi connectivity index (χ2v) is 3.24. The smallest absolute Gasteiger partial charge is 0.0431 e. The Bertz CT molecular complexity index is 223. The Morgan fingerprint density at radius 1 is 1.15 bits per heavy atom. The van der Waals surface area contributed by atoms with Gasteiger partial charge in [-0.1, -0.05) is 30.3 Å². The van der Waals surface area contributed by atoms with Crippen LogP contribution in [0, 0.1) is 0 Å². The topological polar surface area (TPSA) is 46.2 Å². The second kappa shape index (κ2) is 5.73. The van der Waals surface area contributed by atoms with E-state index in [1.54, 1.807) is 0 Å². The summed E-state index contributed by atoms with van der Waals surface area (Å²) in [6.07, 6.45) is 2.79. The van der Waals surface area contributed by atoms with E-state index in [2.05, 4.69) is 0 Å². The van der Waals surface area contributed by atoms with Gasteiger partial charge in [-0.2, -0.15) is 0 Å². The highest BCUT2D eigenvalue weighted by Crippen LogP contribution is 2.15. The first-order chi connectivity index (χ1) is 6.34. The molecule has 1 atom stereocenters. The molecule has 1 rings (SSSR count). The van der Waals surface area contributed by atoms with Gasteiger partial charge in [-0.15, -0.1) is 0 Å². The molecule has 1 aromatic rings. The monoisotopic (exact) mass is 179 g/mol. The molecule has 0 aromatic heterocycles. The molecule has 1 aromatic carbocycles. The highest BCUT2D eigenvalue weighted by molar-refractivity contribution is 5.18. The van der Waals surface area contributed by atoms with E-state index in [0.717, 1.165) is 19.3 Å². The normalized spacial score (nSPS) is 12.8. The van der Waals surface area contributed by atoms with Gasteiger partial charge in [0.05, 0.1) is 0 Å². The number of hydrogen-bond donors (Lipinski definition) is 2. The molecule has 0 spiro atoms. The lowest BCUT2D eigenvalue weighted by Gasteiger charge is -2.10. The number of aliphatic hydroxyl groups is 1. The summed E-state index contributed by atoms with van der Waals surface area (Å²) in [5, 5.41) is 8.61. The van der Waals surface area contributed by atoms with Crippen molar-refractivity contribution in [3.8, 4) is 0 Å². The summed E-state index contributed by atoms with van der Waals surface area (Å²) in [6.45, 7) is 0.265. The van der Waals surface area contributed by atoms with Gasteiger partial charge in [0, 0.05) is 12.6 Å². The molecule has 0 radical (unpaired) electrons. The molecule has 0 saturated heterocycles. The van der Waals surface area contributed by atoms with Crippen LogP contribution in [0.3, 0.4) is 0 Å². The molecule has 2 heteroatoms. The minimum absolute atomic E-state index is 0.118. The van der Waals surface area contributed by atoms with Crippen LogP contribution >= 0.6 is 0 Å². The molecule has 72 valence electrons. The Hall–Kier alpha value is -0.860. The first-order valence-electron chi connectivity index (χ1n) is 4.76. The fourth-order valence-corrected chi connectivity index (χ4v) is 1.34. The molecule has 0 aliphatic rings. The van der Waals surface area contributed by atoms with E-state index >= 15 is 0 Å². The number of aliphatic hydroxyl groups excluding tert-OH is 1. The van der Waals surface area contributed by atoms with Crippen LogP contribution in [-0.2, 0) is 0 Å². The zero-order valence-electron chi connectivity index (χ0n) is 7.82. The van der Waals surface area contributed by atoms with E-state index in [1.165, 1.54) is 5.56 Å². The van der Waals surface area contributed by atoms with Gasteiger partial charge in [-0.05, 0) is 24.8 Å². The van der Waals surface area contributed by atoms with E-state index in [4.69, 9.17) is 10.8 Å². The summed E-state index contributed by atoms with van der Waals surface area (Å²) < 4.78 is 0. The van der Waals surface area contributed by atoms with Crippen LogP contribution in [0.1, 0.15) is 30.9 Å². The second-order valence-electron chi connectivity index (χ2n) is 3.24. The van der Waals surface area contributed by atoms with Crippen LogP contribution in [0.25, 0.3) is 0 Å². The van der Waals surface area contributed by atoms with Crippen molar-refractivity contribution < 1.29 is 5.11 Å². The van der Waals surface area contributed by atoms with Crippen LogP contribution in [0.5, 0.6) is 0 Å². The van der Waals surface area contributed by atoms with Gasteiger partial charge in [-0.3, -0.25) is 0 Å². The quantitative estimate of drug-likeness (QED) is 0.677. The summed E-state index contributed by atoms with van der Waals surface area (Å²) in [5.74, 6) is 0. The first-order valence-corrected chi connectivity index (χ1v) is 4.76. The third-order valence-corrected chi connectivity index (χ3v) is 2.15. The van der Waals surface area contributed by atoms with Crippen LogP contribution in [-0.4, -0.2) is 11.7 Å². The van der Waals surface area contributed by atoms with Crippen molar-refractivity contribution in [1.82, 2.24) is 0 Å². The molecule has 0 bridgehead atoms. The third-order valence-electron chi connectivity index (χ3n) is 2.15. The molecule has 13 heavy (non-hydrogen) atoms. The maximum Gasteiger partial charge on any atom is 0.0431 e. The lowest BCUT2D eigenvalue weighted by atomic mass is 10.0. The zero-order valence-corrected chi connectivity index (χ0v) is 7.82. The number of hydrogen-bond acceptors (Lipinski definition) is 2. The van der Waals surface area contributed by atoms with Crippen molar-refractivity contribution in [1.29, 1.82) is 0 Å². The van der Waals surface area contributed by atoms with Crippen LogP contribution in [0.15, 0.2) is 30.3 Å². The maximum atomic E-state index is 8.61. The molecule has 0 aliphatic heterocycles. The van der Waals surface area contributed by atoms with E-state index in [-0.39, 0.29) is 12.6 Å². The summed E-state index contributed by atoms with van der Waals surface area (Å²) in [5.41, 5.74) is 7.14. The maximum absolute atomic E-state index is 8.61. The summed E-state index contributed by atoms with van der Waals surface area (Å²) >= 11 is 0. The van der Waals surface area contributed by atoms with Crippen molar-refractivity contribution >= 4 is 0 Å². The fourth-order valence-electron chi connectivity index (χ4n) is 1.34. The lowest BCUT2D eigenvalue weighted by molar-refractivity contribution is 0.281. The van der Waals surface area contributed by atoms with Crippen molar-refractivity contribution in [3.63, 3.8) is 0 Å². The Morgan fingerprint density at radius 3 is 2.46 bits per heavy atom. The standard InChI is InChI=1S/C11H17NO/c12-11(8-4-5-9-13)10-6-2-1-3-7-10/h1-3,6-7,11,13H,4-5,8-9,12H2/t11-/m0/s1. The van der Waals surface area contributed by atoms with Crippen molar-refractivity contribution in [2.45, 2.75) is 25.3 Å². The Kier molecular flexibility index (Phi) is 4.50. The van der Waals surface area contributed by atoms with E-state index < -0.39 is 0 Å². The third kappa shape index (κ3) is 3.57. The molecule has 0 unspecified atom stereocenters. The highest BCUT2D eigenvalue weighted by atomic mass is 16.2. The molecule has 0 fully saturated rings. The Labute approximate surface area is 79.4 Å². The van der Waals surface area contributed by atoms with Gasteiger partial charge in [-0.25, -0.2) is 0 Å². The van der Waals surface area contributed by atoms with Gasteiger partial charge in [0.1, 0.15) is 0 Å². The molecule has 0 heterocycles. The minimum Gasteiger partial charge on any atom is -0.396 e. The predicted octanol–water partition coefficient (Wildman–Crippen LogP) is 1.85. The van der Waals surface area contributed by atoms with Crippen molar-refractivity contribution in [2.24, 2.45) is 5.73 Å². The fraction of sp³-hybridized carbons (Fsp3) is 0.455. The Balaban J connectivity index is 2.35. The predicted molar refractivity (Wildman–Crippen MR) is 54.3 cm³/mol. The van der Waals surface area contributed by atoms with Gasteiger partial charge in [0.25, 0.3) is 0 Å². The summed E-state index contributed by atoms with van der Waals surface area (Å²) in [7, 11) is 0. The molecule has 2 nitrogen and oxygen atoms in total. The molecular weight excluding hydrogens is 162 g/mol. The average molecular weight is 179 g/mol. The van der Waals surface area contributed by atoms with Crippen molar-refractivity contribution in [3.05, 3.63) is 35.9 Å². The molecular formula is C11H17NO.